The number of alkyl halides is 3. The molecule has 4 nitrogen and oxygen atoms in total. The van der Waals surface area contributed by atoms with Crippen LogP contribution in [0.15, 0.2) is 237 Å². The Balaban J connectivity index is 1.22. The van der Waals surface area contributed by atoms with E-state index in [1.165, 1.54) is 36.4 Å². The lowest BCUT2D eigenvalue weighted by Gasteiger charge is -2.27. The van der Waals surface area contributed by atoms with E-state index in [4.69, 9.17) is 0 Å². The molecule has 9 heteroatoms. The van der Waals surface area contributed by atoms with Crippen molar-refractivity contribution in [2.45, 2.75) is 6.18 Å². The van der Waals surface area contributed by atoms with Crippen LogP contribution in [0.4, 0.5) is 22.0 Å². The minimum absolute atomic E-state index is 0.105. The summed E-state index contributed by atoms with van der Waals surface area (Å²) in [5, 5.41) is 6.11. The van der Waals surface area contributed by atoms with E-state index in [2.05, 4.69) is 9.13 Å². The zero-order valence-corrected chi connectivity index (χ0v) is 40.2. The van der Waals surface area contributed by atoms with Crippen LogP contribution in [0, 0.1) is 11.6 Å². The summed E-state index contributed by atoms with van der Waals surface area (Å²) in [4.78, 5) is 0. The summed E-state index contributed by atoms with van der Waals surface area (Å²) < 4.78 is 93.9. The van der Waals surface area contributed by atoms with Crippen LogP contribution in [0.25, 0.3) is 132 Å². The number of para-hydroxylation sites is 6. The molecule has 0 N–H and O–H groups in total. The third-order valence-electron chi connectivity index (χ3n) is 15.2. The standard InChI is InChI=1S/C67H39F5N4/c68-42-19-15-17-40(37-42)52-39-53(41-18-16-20-43(69)38-41)66(76-55-30-12-8-26-47(55)49-34-36-59-61(64(49)76)51-28-10-14-32-57(51)74(59)45-23-5-2-6-24-45)62(67(70,71)72)65(52)75-54-29-11-7-25-46(54)48-33-35-58-60(63(48)75)50-27-9-13-31-56(50)73(58)44-21-3-1-4-22-44/h1-39H. The van der Waals surface area contributed by atoms with Gasteiger partial charge in [-0.25, -0.2) is 8.78 Å². The molecule has 0 fully saturated rings. The molecule has 15 aromatic rings. The molecular weight excluding hydrogens is 956 g/mol. The first-order valence-corrected chi connectivity index (χ1v) is 25.1. The minimum Gasteiger partial charge on any atom is -0.309 e. The Morgan fingerprint density at radius 1 is 0.289 bits per heavy atom. The molecule has 0 aliphatic heterocycles. The average Bonchev–Trinajstić information content (AvgIpc) is 4.32. The third-order valence-corrected chi connectivity index (χ3v) is 15.2. The van der Waals surface area contributed by atoms with Crippen LogP contribution in [0.5, 0.6) is 0 Å². The van der Waals surface area contributed by atoms with Crippen molar-refractivity contribution in [3.8, 4) is 45.0 Å². The van der Waals surface area contributed by atoms with E-state index >= 15 is 22.0 Å². The quantitative estimate of drug-likeness (QED) is 0.148. The summed E-state index contributed by atoms with van der Waals surface area (Å²) in [6.07, 6.45) is -5.12. The van der Waals surface area contributed by atoms with Crippen molar-refractivity contribution in [2.75, 3.05) is 0 Å². The maximum absolute atomic E-state index is 18.0. The van der Waals surface area contributed by atoms with E-state index in [0.29, 0.717) is 22.1 Å². The monoisotopic (exact) mass is 994 g/mol. The van der Waals surface area contributed by atoms with Crippen molar-refractivity contribution in [3.63, 3.8) is 0 Å². The molecule has 0 saturated heterocycles. The van der Waals surface area contributed by atoms with Crippen LogP contribution in [0.1, 0.15) is 5.56 Å². The Labute approximate surface area is 430 Å². The normalized spacial score (nSPS) is 12.3. The highest BCUT2D eigenvalue weighted by Gasteiger charge is 2.43. The number of halogens is 5. The van der Waals surface area contributed by atoms with Gasteiger partial charge in [0.1, 0.15) is 17.2 Å². The number of aromatic nitrogens is 4. The van der Waals surface area contributed by atoms with Crippen LogP contribution >= 0.6 is 0 Å². The fourth-order valence-electron chi connectivity index (χ4n) is 12.3. The maximum atomic E-state index is 18.0. The van der Waals surface area contributed by atoms with Crippen molar-refractivity contribution >= 4 is 87.2 Å². The van der Waals surface area contributed by atoms with Gasteiger partial charge in [0.15, 0.2) is 0 Å². The molecule has 0 unspecified atom stereocenters. The summed E-state index contributed by atoms with van der Waals surface area (Å²) in [6, 6.07) is 72.1. The summed E-state index contributed by atoms with van der Waals surface area (Å²) in [5.74, 6) is -1.24. The molecule has 4 heterocycles. The van der Waals surface area contributed by atoms with Crippen LogP contribution < -0.4 is 0 Å². The maximum Gasteiger partial charge on any atom is 0.420 e. The summed E-state index contributed by atoms with van der Waals surface area (Å²) in [5.41, 5.74) is 6.50. The Morgan fingerprint density at radius 3 is 1.05 bits per heavy atom. The lowest BCUT2D eigenvalue weighted by Crippen LogP contribution is -2.18. The molecule has 15 rings (SSSR count). The van der Waals surface area contributed by atoms with Gasteiger partial charge in [-0.05, 0) is 102 Å². The second-order valence-electron chi connectivity index (χ2n) is 19.4. The number of hydrogen-bond donors (Lipinski definition) is 0. The highest BCUT2D eigenvalue weighted by atomic mass is 19.4. The molecule has 0 bridgehead atoms. The highest BCUT2D eigenvalue weighted by Crippen LogP contribution is 2.53. The van der Waals surface area contributed by atoms with Gasteiger partial charge in [-0.15, -0.1) is 0 Å². The minimum atomic E-state index is -5.12. The van der Waals surface area contributed by atoms with Gasteiger partial charge in [0, 0.05) is 65.6 Å². The van der Waals surface area contributed by atoms with E-state index < -0.39 is 23.4 Å². The Morgan fingerprint density at radius 2 is 0.658 bits per heavy atom. The molecule has 0 aliphatic carbocycles. The van der Waals surface area contributed by atoms with Crippen LogP contribution in [-0.4, -0.2) is 18.3 Å². The molecule has 11 aromatic carbocycles. The molecule has 0 saturated carbocycles. The van der Waals surface area contributed by atoms with E-state index in [9.17, 15) is 0 Å². The largest absolute Gasteiger partial charge is 0.420 e. The summed E-state index contributed by atoms with van der Waals surface area (Å²) >= 11 is 0. The number of rotatable bonds is 6. The molecule has 4 aromatic heterocycles. The Bertz CT molecular complexity index is 4580. The first-order valence-electron chi connectivity index (χ1n) is 25.1. The van der Waals surface area contributed by atoms with Crippen molar-refractivity contribution in [2.24, 2.45) is 0 Å². The van der Waals surface area contributed by atoms with E-state index in [0.717, 1.165) is 76.5 Å². The van der Waals surface area contributed by atoms with Gasteiger partial charge in [-0.2, -0.15) is 13.2 Å². The topological polar surface area (TPSA) is 19.7 Å². The van der Waals surface area contributed by atoms with Gasteiger partial charge in [-0.1, -0.05) is 146 Å². The molecule has 76 heavy (non-hydrogen) atoms. The van der Waals surface area contributed by atoms with Crippen LogP contribution in [0.3, 0.4) is 0 Å². The lowest BCUT2D eigenvalue weighted by molar-refractivity contribution is -0.137. The van der Waals surface area contributed by atoms with Gasteiger partial charge in [0.05, 0.1) is 55.5 Å². The summed E-state index contributed by atoms with van der Waals surface area (Å²) in [7, 11) is 0. The fourth-order valence-corrected chi connectivity index (χ4v) is 12.3. The first-order chi connectivity index (χ1) is 37.2. The first kappa shape index (κ1) is 43.8. The van der Waals surface area contributed by atoms with Crippen LogP contribution in [0.2, 0.25) is 0 Å². The van der Waals surface area contributed by atoms with Crippen molar-refractivity contribution in [1.82, 2.24) is 18.3 Å². The van der Waals surface area contributed by atoms with E-state index in [-0.39, 0.29) is 33.6 Å². The molecular formula is C67H39F5N4. The Kier molecular flexibility index (Phi) is 9.45. The van der Waals surface area contributed by atoms with Gasteiger partial charge in [0.25, 0.3) is 0 Å². The molecule has 0 aliphatic rings. The second kappa shape index (κ2) is 16.4. The molecule has 0 amide bonds. The van der Waals surface area contributed by atoms with Crippen molar-refractivity contribution < 1.29 is 22.0 Å². The zero-order valence-electron chi connectivity index (χ0n) is 40.2. The third kappa shape index (κ3) is 6.29. The van der Waals surface area contributed by atoms with Crippen molar-refractivity contribution in [1.29, 1.82) is 0 Å². The number of nitrogens with zero attached hydrogens (tertiary/aromatic N) is 4. The van der Waals surface area contributed by atoms with Gasteiger partial charge >= 0.3 is 6.18 Å². The highest BCUT2D eigenvalue weighted by molar-refractivity contribution is 6.28. The van der Waals surface area contributed by atoms with Crippen LogP contribution in [-0.2, 0) is 6.18 Å². The molecule has 0 radical (unpaired) electrons. The predicted molar refractivity (Wildman–Crippen MR) is 300 cm³/mol. The smallest absolute Gasteiger partial charge is 0.309 e. The number of benzene rings is 11. The second-order valence-corrected chi connectivity index (χ2v) is 19.4. The van der Waals surface area contributed by atoms with E-state index in [1.54, 1.807) is 27.3 Å². The van der Waals surface area contributed by atoms with Crippen molar-refractivity contribution in [3.05, 3.63) is 254 Å². The zero-order chi connectivity index (χ0) is 51.0. The molecule has 362 valence electrons. The number of fused-ring (bicyclic) bond motifs is 14. The van der Waals surface area contributed by atoms with Gasteiger partial charge < -0.3 is 18.3 Å². The average molecular weight is 995 g/mol. The lowest BCUT2D eigenvalue weighted by atomic mass is 9.90. The van der Waals surface area contributed by atoms with E-state index in [1.807, 2.05) is 182 Å². The number of hydrogen-bond acceptors (Lipinski definition) is 0. The van der Waals surface area contributed by atoms with Gasteiger partial charge in [-0.3, -0.25) is 0 Å². The molecule has 0 atom stereocenters. The van der Waals surface area contributed by atoms with Gasteiger partial charge in [0.2, 0.25) is 0 Å². The SMILES string of the molecule is Fc1cccc(-c2cc(-c3cccc(F)c3)c(-n3c4ccccc4c4ccc5c(c6ccccc6n5-c5ccccc5)c43)c(C(F)(F)F)c2-n2c3ccccc3c3ccc4c(c5ccccc5n4-c4ccccc4)c32)c1. The Hall–Kier alpha value is -9.73. The summed E-state index contributed by atoms with van der Waals surface area (Å²) in [6.45, 7) is 0. The predicted octanol–water partition coefficient (Wildman–Crippen LogP) is 18.7. The molecule has 0 spiro atoms. The fraction of sp³-hybridized carbons (Fsp3) is 0.0149.